The number of anilines is 1. The molecule has 4 nitrogen and oxygen atoms in total. The molecule has 0 spiro atoms. The van der Waals surface area contributed by atoms with Crippen LogP contribution >= 0.6 is 11.8 Å². The van der Waals surface area contributed by atoms with Crippen LogP contribution in [-0.4, -0.2) is 23.4 Å². The molecule has 100 valence electrons. The van der Waals surface area contributed by atoms with Crippen molar-refractivity contribution in [3.8, 4) is 0 Å². The Labute approximate surface area is 112 Å². The minimum Gasteiger partial charge on any atom is -0.459 e. The lowest BCUT2D eigenvalue weighted by Gasteiger charge is -2.22. The van der Waals surface area contributed by atoms with Crippen molar-refractivity contribution in [2.75, 3.05) is 11.5 Å². The molecule has 18 heavy (non-hydrogen) atoms. The predicted octanol–water partition coefficient (Wildman–Crippen LogP) is 2.03. The van der Waals surface area contributed by atoms with Crippen LogP contribution in [0, 0.1) is 0 Å². The van der Waals surface area contributed by atoms with Crippen LogP contribution in [0.25, 0.3) is 0 Å². The van der Waals surface area contributed by atoms with Gasteiger partial charge in [-0.25, -0.2) is 0 Å². The van der Waals surface area contributed by atoms with E-state index in [1.165, 1.54) is 11.8 Å². The average Bonchev–Trinajstić information content (AvgIpc) is 2.25. The number of ether oxygens (including phenoxy) is 1. The SMILES string of the molecule is CC(C)(C)OC(=O)C(N)CSc1ccc(N)cc1. The number of nitrogen functional groups attached to an aromatic ring is 1. The van der Waals surface area contributed by atoms with E-state index in [0.29, 0.717) is 5.75 Å². The molecule has 0 fully saturated rings. The number of carbonyl (C=O) groups excluding carboxylic acids is 1. The van der Waals surface area contributed by atoms with Crippen LogP contribution < -0.4 is 11.5 Å². The zero-order chi connectivity index (χ0) is 13.8. The number of thioether (sulfide) groups is 1. The molecule has 0 radical (unpaired) electrons. The van der Waals surface area contributed by atoms with Crippen LogP contribution in [0.15, 0.2) is 29.2 Å². The maximum atomic E-state index is 11.7. The molecule has 4 N–H and O–H groups in total. The molecule has 0 heterocycles. The van der Waals surface area contributed by atoms with Gasteiger partial charge in [0.15, 0.2) is 0 Å². The van der Waals surface area contributed by atoms with Gasteiger partial charge in [0.2, 0.25) is 0 Å². The van der Waals surface area contributed by atoms with Gasteiger partial charge in [-0.05, 0) is 45.0 Å². The molecule has 1 aromatic carbocycles. The molecule has 1 rings (SSSR count). The van der Waals surface area contributed by atoms with Crippen molar-refractivity contribution in [3.63, 3.8) is 0 Å². The highest BCUT2D eigenvalue weighted by molar-refractivity contribution is 7.99. The molecular formula is C13H20N2O2S. The third-order valence-corrected chi connectivity index (χ3v) is 3.15. The first-order chi connectivity index (χ1) is 8.28. The van der Waals surface area contributed by atoms with Crippen molar-refractivity contribution in [2.45, 2.75) is 37.3 Å². The summed E-state index contributed by atoms with van der Waals surface area (Å²) in [6.07, 6.45) is 0. The molecular weight excluding hydrogens is 248 g/mol. The monoisotopic (exact) mass is 268 g/mol. The largest absolute Gasteiger partial charge is 0.459 e. The maximum absolute atomic E-state index is 11.7. The molecule has 0 aliphatic carbocycles. The van der Waals surface area contributed by atoms with Gasteiger partial charge >= 0.3 is 5.97 Å². The van der Waals surface area contributed by atoms with E-state index in [9.17, 15) is 4.79 Å². The second-order valence-corrected chi connectivity index (χ2v) is 6.11. The summed E-state index contributed by atoms with van der Waals surface area (Å²) in [6.45, 7) is 5.47. The minimum atomic E-state index is -0.619. The predicted molar refractivity (Wildman–Crippen MR) is 75.4 cm³/mol. The number of esters is 1. The van der Waals surface area contributed by atoms with Gasteiger partial charge in [0, 0.05) is 16.3 Å². The first-order valence-electron chi connectivity index (χ1n) is 5.75. The van der Waals surface area contributed by atoms with Crippen LogP contribution in [0.2, 0.25) is 0 Å². The van der Waals surface area contributed by atoms with E-state index in [1.807, 2.05) is 45.0 Å². The second kappa shape index (κ2) is 6.11. The molecule has 0 bridgehead atoms. The molecule has 1 aromatic rings. The third-order valence-electron chi connectivity index (χ3n) is 2.02. The fourth-order valence-electron chi connectivity index (χ4n) is 1.20. The first kappa shape index (κ1) is 14.9. The molecule has 1 unspecified atom stereocenters. The molecule has 1 atom stereocenters. The lowest BCUT2D eigenvalue weighted by molar-refractivity contribution is -0.155. The number of benzene rings is 1. The Kier molecular flexibility index (Phi) is 5.04. The van der Waals surface area contributed by atoms with Crippen molar-refractivity contribution in [3.05, 3.63) is 24.3 Å². The number of rotatable bonds is 4. The Balaban J connectivity index is 2.43. The van der Waals surface area contributed by atoms with E-state index in [1.54, 1.807) is 0 Å². The quantitative estimate of drug-likeness (QED) is 0.496. The van der Waals surface area contributed by atoms with E-state index in [0.717, 1.165) is 10.6 Å². The van der Waals surface area contributed by atoms with Gasteiger partial charge in [-0.3, -0.25) is 4.79 Å². The third kappa shape index (κ3) is 5.42. The Morgan fingerprint density at radius 2 is 1.89 bits per heavy atom. The van der Waals surface area contributed by atoms with Crippen LogP contribution in [0.4, 0.5) is 5.69 Å². The van der Waals surface area contributed by atoms with Gasteiger partial charge in [0.25, 0.3) is 0 Å². The molecule has 0 saturated heterocycles. The summed E-state index contributed by atoms with van der Waals surface area (Å²) in [7, 11) is 0. The van der Waals surface area contributed by atoms with Crippen molar-refractivity contribution >= 4 is 23.4 Å². The fourth-order valence-corrected chi connectivity index (χ4v) is 2.03. The zero-order valence-corrected chi connectivity index (χ0v) is 11.8. The maximum Gasteiger partial charge on any atom is 0.324 e. The lowest BCUT2D eigenvalue weighted by Crippen LogP contribution is -2.39. The van der Waals surface area contributed by atoms with Gasteiger partial charge in [0.05, 0.1) is 0 Å². The highest BCUT2D eigenvalue weighted by Gasteiger charge is 2.22. The minimum absolute atomic E-state index is 0.370. The fraction of sp³-hybridized carbons (Fsp3) is 0.462. The van der Waals surface area contributed by atoms with E-state index >= 15 is 0 Å². The van der Waals surface area contributed by atoms with Crippen molar-refractivity contribution in [1.82, 2.24) is 0 Å². The van der Waals surface area contributed by atoms with Crippen LogP contribution in [-0.2, 0) is 9.53 Å². The summed E-state index contributed by atoms with van der Waals surface area (Å²) >= 11 is 1.51. The van der Waals surface area contributed by atoms with Crippen molar-refractivity contribution < 1.29 is 9.53 Å². The summed E-state index contributed by atoms with van der Waals surface area (Å²) in [5.41, 5.74) is 11.6. The van der Waals surface area contributed by atoms with Crippen molar-refractivity contribution in [2.24, 2.45) is 5.73 Å². The average molecular weight is 268 g/mol. The number of carbonyl (C=O) groups is 1. The van der Waals surface area contributed by atoms with Crippen molar-refractivity contribution in [1.29, 1.82) is 0 Å². The van der Waals surface area contributed by atoms with E-state index in [-0.39, 0.29) is 5.97 Å². The summed E-state index contributed by atoms with van der Waals surface area (Å²) < 4.78 is 5.21. The first-order valence-corrected chi connectivity index (χ1v) is 6.73. The highest BCUT2D eigenvalue weighted by atomic mass is 32.2. The van der Waals surface area contributed by atoms with Crippen LogP contribution in [0.1, 0.15) is 20.8 Å². The Bertz CT molecular complexity index is 398. The highest BCUT2D eigenvalue weighted by Crippen LogP contribution is 2.20. The van der Waals surface area contributed by atoms with E-state index < -0.39 is 11.6 Å². The Morgan fingerprint density at radius 3 is 2.39 bits per heavy atom. The van der Waals surface area contributed by atoms with Gasteiger partial charge in [-0.2, -0.15) is 0 Å². The lowest BCUT2D eigenvalue weighted by atomic mass is 10.2. The van der Waals surface area contributed by atoms with Gasteiger partial charge in [-0.15, -0.1) is 11.8 Å². The normalized spacial score (nSPS) is 13.1. The summed E-state index contributed by atoms with van der Waals surface area (Å²) in [4.78, 5) is 12.7. The van der Waals surface area contributed by atoms with Gasteiger partial charge in [-0.1, -0.05) is 0 Å². The number of hydrogen-bond donors (Lipinski definition) is 2. The molecule has 0 aliphatic rings. The smallest absolute Gasteiger partial charge is 0.324 e. The van der Waals surface area contributed by atoms with Gasteiger partial charge < -0.3 is 16.2 Å². The number of hydrogen-bond acceptors (Lipinski definition) is 5. The molecule has 0 aromatic heterocycles. The topological polar surface area (TPSA) is 78.3 Å². The standard InChI is InChI=1S/C13H20N2O2S/c1-13(2,3)17-12(16)11(15)8-18-10-6-4-9(14)5-7-10/h4-7,11H,8,14-15H2,1-3H3. The molecule has 5 heteroatoms. The molecule has 0 saturated carbocycles. The molecule has 0 aliphatic heterocycles. The summed E-state index contributed by atoms with van der Waals surface area (Å²) in [5.74, 6) is 0.115. The van der Waals surface area contributed by atoms with Crippen LogP contribution in [0.3, 0.4) is 0 Å². The second-order valence-electron chi connectivity index (χ2n) is 5.02. The Hall–Kier alpha value is -1.20. The van der Waals surface area contributed by atoms with E-state index in [2.05, 4.69) is 0 Å². The van der Waals surface area contributed by atoms with Crippen LogP contribution in [0.5, 0.6) is 0 Å². The number of nitrogens with two attached hydrogens (primary N) is 2. The van der Waals surface area contributed by atoms with Gasteiger partial charge in [0.1, 0.15) is 11.6 Å². The summed E-state index contributed by atoms with van der Waals surface area (Å²) in [6, 6.07) is 6.83. The Morgan fingerprint density at radius 1 is 1.33 bits per heavy atom. The summed E-state index contributed by atoms with van der Waals surface area (Å²) in [5, 5.41) is 0. The zero-order valence-electron chi connectivity index (χ0n) is 11.0. The van der Waals surface area contributed by atoms with E-state index in [4.69, 9.17) is 16.2 Å². The molecule has 0 amide bonds.